The van der Waals surface area contributed by atoms with Gasteiger partial charge in [-0.1, -0.05) is 0 Å². The number of aryl methyl sites for hydroxylation is 1. The minimum absolute atomic E-state index is 0.0211. The Morgan fingerprint density at radius 2 is 2.00 bits per heavy atom. The lowest BCUT2D eigenvalue weighted by atomic mass is 9.91. The number of H-pyrrole nitrogens is 1. The van der Waals surface area contributed by atoms with Crippen LogP contribution in [-0.4, -0.2) is 69.0 Å². The van der Waals surface area contributed by atoms with Gasteiger partial charge in [0.1, 0.15) is 9.88 Å². The van der Waals surface area contributed by atoms with Crippen molar-refractivity contribution in [1.82, 2.24) is 30.0 Å². The average Bonchev–Trinajstić information content (AvgIpc) is 3.40. The summed E-state index contributed by atoms with van der Waals surface area (Å²) in [7, 11) is 3.47. The number of thiazole rings is 1. The molecule has 0 saturated carbocycles. The number of rotatable bonds is 4. The molecule has 0 aliphatic carbocycles. The molecule has 1 aliphatic heterocycles. The lowest BCUT2D eigenvalue weighted by Gasteiger charge is -2.31. The Labute approximate surface area is 179 Å². The van der Waals surface area contributed by atoms with Crippen LogP contribution in [0.1, 0.15) is 50.2 Å². The summed E-state index contributed by atoms with van der Waals surface area (Å²) >= 11 is 1.41. The van der Waals surface area contributed by atoms with Crippen molar-refractivity contribution in [2.75, 3.05) is 27.2 Å². The van der Waals surface area contributed by atoms with Gasteiger partial charge in [0.15, 0.2) is 0 Å². The molecule has 8 nitrogen and oxygen atoms in total. The van der Waals surface area contributed by atoms with Gasteiger partial charge in [-0.3, -0.25) is 19.7 Å². The molecule has 4 rings (SSSR count). The van der Waals surface area contributed by atoms with Gasteiger partial charge in [-0.05, 0) is 31.9 Å². The Hall–Kier alpha value is -3.07. The molecule has 0 unspecified atom stereocenters. The minimum Gasteiger partial charge on any atom is -0.345 e. The number of piperidine rings is 1. The molecule has 0 radical (unpaired) electrons. The molecule has 1 aliphatic rings. The number of aromatic nitrogens is 4. The number of pyridine rings is 1. The summed E-state index contributed by atoms with van der Waals surface area (Å²) in [5.41, 5.74) is 3.15. The molecule has 4 heterocycles. The van der Waals surface area contributed by atoms with Gasteiger partial charge in [-0.25, -0.2) is 4.98 Å². The van der Waals surface area contributed by atoms with Crippen LogP contribution in [0.15, 0.2) is 30.7 Å². The largest absolute Gasteiger partial charge is 0.345 e. The van der Waals surface area contributed by atoms with E-state index >= 15 is 0 Å². The van der Waals surface area contributed by atoms with Gasteiger partial charge in [0.25, 0.3) is 11.8 Å². The lowest BCUT2D eigenvalue weighted by molar-refractivity contribution is 0.0712. The fourth-order valence-electron chi connectivity index (χ4n) is 3.74. The number of hydrogen-bond acceptors (Lipinski definition) is 6. The zero-order valence-corrected chi connectivity index (χ0v) is 18.1. The van der Waals surface area contributed by atoms with Gasteiger partial charge in [0.05, 0.1) is 23.1 Å². The second-order valence-corrected chi connectivity index (χ2v) is 8.64. The smallest absolute Gasteiger partial charge is 0.265 e. The molecule has 0 aromatic carbocycles. The molecule has 0 spiro atoms. The first-order valence-corrected chi connectivity index (χ1v) is 10.7. The van der Waals surface area contributed by atoms with Crippen molar-refractivity contribution in [3.05, 3.63) is 52.6 Å². The molecule has 3 aromatic rings. The van der Waals surface area contributed by atoms with Crippen LogP contribution in [0.5, 0.6) is 0 Å². The van der Waals surface area contributed by atoms with E-state index < -0.39 is 0 Å². The number of amides is 2. The lowest BCUT2D eigenvalue weighted by Crippen LogP contribution is -2.38. The Morgan fingerprint density at radius 1 is 1.23 bits per heavy atom. The predicted octanol–water partition coefficient (Wildman–Crippen LogP) is 2.96. The normalized spacial score (nSPS) is 14.7. The van der Waals surface area contributed by atoms with Gasteiger partial charge < -0.3 is 9.80 Å². The summed E-state index contributed by atoms with van der Waals surface area (Å²) in [5, 5.41) is 7.89. The Bertz CT molecular complexity index is 1050. The van der Waals surface area contributed by atoms with Crippen molar-refractivity contribution in [3.63, 3.8) is 0 Å². The molecule has 30 heavy (non-hydrogen) atoms. The first-order valence-electron chi connectivity index (χ1n) is 9.87. The number of likely N-dealkylation sites (tertiary alicyclic amines) is 1. The Kier molecular flexibility index (Phi) is 5.63. The summed E-state index contributed by atoms with van der Waals surface area (Å²) in [6, 6.07) is 3.81. The molecule has 1 N–H and O–H groups in total. The third-order valence-corrected chi connectivity index (χ3v) is 6.59. The van der Waals surface area contributed by atoms with Crippen molar-refractivity contribution in [2.24, 2.45) is 0 Å². The van der Waals surface area contributed by atoms with Crippen molar-refractivity contribution in [1.29, 1.82) is 0 Å². The molecular weight excluding hydrogens is 400 g/mol. The van der Waals surface area contributed by atoms with E-state index in [0.717, 1.165) is 34.8 Å². The van der Waals surface area contributed by atoms with Gasteiger partial charge in [0, 0.05) is 51.1 Å². The second-order valence-electron chi connectivity index (χ2n) is 7.64. The molecule has 156 valence electrons. The van der Waals surface area contributed by atoms with E-state index in [9.17, 15) is 9.59 Å². The van der Waals surface area contributed by atoms with E-state index in [4.69, 9.17) is 0 Å². The second kappa shape index (κ2) is 8.35. The van der Waals surface area contributed by atoms with Crippen LogP contribution in [0, 0.1) is 6.92 Å². The molecule has 2 amide bonds. The standard InChI is InChI=1S/C21H24N6O2S/c1-13-18(30-19(24-13)15-5-4-8-22-11-15)21(29)27-9-6-14(7-10-27)17-16(12-23-25-17)20(28)26(2)3/h4-5,8,11-12,14H,6-7,9-10H2,1-3H3,(H,23,25). The average molecular weight is 425 g/mol. The first kappa shape index (κ1) is 20.2. The highest BCUT2D eigenvalue weighted by Crippen LogP contribution is 2.32. The summed E-state index contributed by atoms with van der Waals surface area (Å²) in [4.78, 5) is 38.3. The quantitative estimate of drug-likeness (QED) is 0.695. The van der Waals surface area contributed by atoms with Crippen molar-refractivity contribution in [3.8, 4) is 10.6 Å². The van der Waals surface area contributed by atoms with E-state index in [0.29, 0.717) is 23.5 Å². The van der Waals surface area contributed by atoms with Crippen LogP contribution in [0.3, 0.4) is 0 Å². The van der Waals surface area contributed by atoms with Crippen LogP contribution < -0.4 is 0 Å². The van der Waals surface area contributed by atoms with E-state index in [1.165, 1.54) is 11.3 Å². The maximum atomic E-state index is 13.1. The van der Waals surface area contributed by atoms with E-state index in [2.05, 4.69) is 20.2 Å². The van der Waals surface area contributed by atoms with Gasteiger partial charge in [0.2, 0.25) is 0 Å². The third kappa shape index (κ3) is 3.85. The van der Waals surface area contributed by atoms with Crippen LogP contribution in [0.4, 0.5) is 0 Å². The first-order chi connectivity index (χ1) is 14.5. The van der Waals surface area contributed by atoms with Gasteiger partial charge in [-0.2, -0.15) is 5.10 Å². The summed E-state index contributed by atoms with van der Waals surface area (Å²) in [6.07, 6.45) is 6.64. The molecule has 0 bridgehead atoms. The SMILES string of the molecule is Cc1nc(-c2cccnc2)sc1C(=O)N1CCC(c2[nH]ncc2C(=O)N(C)C)CC1. The minimum atomic E-state index is -0.0551. The van der Waals surface area contributed by atoms with Crippen LogP contribution in [0.25, 0.3) is 10.6 Å². The topological polar surface area (TPSA) is 95.1 Å². The zero-order valence-electron chi connectivity index (χ0n) is 17.3. The maximum absolute atomic E-state index is 13.1. The third-order valence-electron chi connectivity index (χ3n) is 5.40. The zero-order chi connectivity index (χ0) is 21.3. The van der Waals surface area contributed by atoms with E-state index in [1.807, 2.05) is 24.0 Å². The monoisotopic (exact) mass is 424 g/mol. The molecule has 9 heteroatoms. The van der Waals surface area contributed by atoms with Crippen LogP contribution in [-0.2, 0) is 0 Å². The molecule has 0 atom stereocenters. The maximum Gasteiger partial charge on any atom is 0.265 e. The number of hydrogen-bond donors (Lipinski definition) is 1. The number of nitrogens with zero attached hydrogens (tertiary/aromatic N) is 5. The van der Waals surface area contributed by atoms with E-state index in [1.54, 1.807) is 37.6 Å². The number of carbonyl (C=O) groups excluding carboxylic acids is 2. The summed E-state index contributed by atoms with van der Waals surface area (Å²) < 4.78 is 0. The summed E-state index contributed by atoms with van der Waals surface area (Å²) in [5.74, 6) is 0.150. The predicted molar refractivity (Wildman–Crippen MR) is 115 cm³/mol. The van der Waals surface area contributed by atoms with Crippen molar-refractivity contribution in [2.45, 2.75) is 25.7 Å². The molecule has 3 aromatic heterocycles. The fourth-order valence-corrected chi connectivity index (χ4v) is 4.77. The molecule has 1 saturated heterocycles. The highest BCUT2D eigenvalue weighted by molar-refractivity contribution is 7.17. The highest BCUT2D eigenvalue weighted by Gasteiger charge is 2.30. The number of aromatic amines is 1. The van der Waals surface area contributed by atoms with Gasteiger partial charge in [-0.15, -0.1) is 11.3 Å². The Morgan fingerprint density at radius 3 is 2.67 bits per heavy atom. The van der Waals surface area contributed by atoms with Crippen molar-refractivity contribution < 1.29 is 9.59 Å². The fraction of sp³-hybridized carbons (Fsp3) is 0.381. The Balaban J connectivity index is 1.45. The number of nitrogens with one attached hydrogen (secondary N) is 1. The van der Waals surface area contributed by atoms with Crippen LogP contribution in [0.2, 0.25) is 0 Å². The van der Waals surface area contributed by atoms with Crippen molar-refractivity contribution >= 4 is 23.2 Å². The van der Waals surface area contributed by atoms with E-state index in [-0.39, 0.29) is 17.7 Å². The number of carbonyl (C=O) groups is 2. The summed E-state index contributed by atoms with van der Waals surface area (Å²) in [6.45, 7) is 3.15. The highest BCUT2D eigenvalue weighted by atomic mass is 32.1. The molecule has 1 fully saturated rings. The molecular formula is C21H24N6O2S. The van der Waals surface area contributed by atoms with Gasteiger partial charge >= 0.3 is 0 Å². The van der Waals surface area contributed by atoms with Crippen LogP contribution >= 0.6 is 11.3 Å².